The van der Waals surface area contributed by atoms with Gasteiger partial charge in [0.15, 0.2) is 0 Å². The van der Waals surface area contributed by atoms with Gasteiger partial charge in [-0.25, -0.2) is 0 Å². The second-order valence-corrected chi connectivity index (χ2v) is 5.82. The van der Waals surface area contributed by atoms with E-state index < -0.39 is 0 Å². The summed E-state index contributed by atoms with van der Waals surface area (Å²) in [5.41, 5.74) is 5.84. The Bertz CT molecular complexity index is 408. The minimum atomic E-state index is 0.629. The third kappa shape index (κ3) is 4.90. The predicted octanol–water partition coefficient (Wildman–Crippen LogP) is 2.38. The van der Waals surface area contributed by atoms with Crippen molar-refractivity contribution in [1.82, 2.24) is 4.90 Å². The van der Waals surface area contributed by atoms with Crippen LogP contribution in [0.3, 0.4) is 0 Å². The van der Waals surface area contributed by atoms with Crippen LogP contribution in [-0.4, -0.2) is 44.3 Å². The van der Waals surface area contributed by atoms with Crippen molar-refractivity contribution in [1.29, 1.82) is 0 Å². The topological polar surface area (TPSA) is 47.7 Å². The lowest BCUT2D eigenvalue weighted by Crippen LogP contribution is -2.44. The molecule has 1 aliphatic rings. The molecule has 2 atom stereocenters. The third-order valence-electron chi connectivity index (χ3n) is 4.31. The molecule has 0 aliphatic carbocycles. The summed E-state index contributed by atoms with van der Waals surface area (Å²) in [7, 11) is 0. The Morgan fingerprint density at radius 2 is 1.86 bits per heavy atom. The van der Waals surface area contributed by atoms with Crippen molar-refractivity contribution >= 4 is 0 Å². The second-order valence-electron chi connectivity index (χ2n) is 5.82. The number of ether oxygens (including phenoxy) is 2. The van der Waals surface area contributed by atoms with Gasteiger partial charge in [-0.1, -0.05) is 6.92 Å². The van der Waals surface area contributed by atoms with Crippen molar-refractivity contribution in [2.45, 2.75) is 20.3 Å². The first-order valence-corrected chi connectivity index (χ1v) is 8.01. The fourth-order valence-corrected chi connectivity index (χ4v) is 2.83. The minimum Gasteiger partial charge on any atom is -0.494 e. The summed E-state index contributed by atoms with van der Waals surface area (Å²) in [5, 5.41) is 0. The molecule has 2 unspecified atom stereocenters. The molecule has 2 rings (SSSR count). The Morgan fingerprint density at radius 3 is 2.48 bits per heavy atom. The standard InChI is InChI=1S/C17H28N2O2/c1-3-20-16-4-6-17(7-5-16)21-11-10-19-9-8-14(2)15(12-18)13-19/h4-7,14-15H,3,8-13,18H2,1-2H3. The van der Waals surface area contributed by atoms with Gasteiger partial charge in [0.05, 0.1) is 6.61 Å². The van der Waals surface area contributed by atoms with Crippen LogP contribution < -0.4 is 15.2 Å². The van der Waals surface area contributed by atoms with Gasteiger partial charge in [0.25, 0.3) is 0 Å². The predicted molar refractivity (Wildman–Crippen MR) is 85.9 cm³/mol. The van der Waals surface area contributed by atoms with Crippen LogP contribution in [0.2, 0.25) is 0 Å². The Labute approximate surface area is 128 Å². The van der Waals surface area contributed by atoms with Gasteiger partial charge < -0.3 is 15.2 Å². The Morgan fingerprint density at radius 1 is 1.19 bits per heavy atom. The molecule has 1 fully saturated rings. The number of piperidine rings is 1. The molecule has 118 valence electrons. The maximum absolute atomic E-state index is 5.84. The summed E-state index contributed by atoms with van der Waals surface area (Å²) in [6.45, 7) is 9.72. The summed E-state index contributed by atoms with van der Waals surface area (Å²) in [5.74, 6) is 3.17. The zero-order chi connectivity index (χ0) is 15.1. The maximum Gasteiger partial charge on any atom is 0.119 e. The number of benzene rings is 1. The molecule has 1 aliphatic heterocycles. The molecular weight excluding hydrogens is 264 g/mol. The van der Waals surface area contributed by atoms with Gasteiger partial charge in [0.2, 0.25) is 0 Å². The molecular formula is C17H28N2O2. The van der Waals surface area contributed by atoms with Crippen LogP contribution >= 0.6 is 0 Å². The Kier molecular flexibility index (Phi) is 6.33. The van der Waals surface area contributed by atoms with E-state index in [4.69, 9.17) is 15.2 Å². The fourth-order valence-electron chi connectivity index (χ4n) is 2.83. The van der Waals surface area contributed by atoms with Crippen molar-refractivity contribution in [3.8, 4) is 11.5 Å². The van der Waals surface area contributed by atoms with Crippen LogP contribution in [0.1, 0.15) is 20.3 Å². The number of nitrogens with zero attached hydrogens (tertiary/aromatic N) is 1. The zero-order valence-corrected chi connectivity index (χ0v) is 13.3. The largest absolute Gasteiger partial charge is 0.494 e. The molecule has 2 N–H and O–H groups in total. The van der Waals surface area contributed by atoms with Crippen molar-refractivity contribution in [2.24, 2.45) is 17.6 Å². The smallest absolute Gasteiger partial charge is 0.119 e. The van der Waals surface area contributed by atoms with Crippen molar-refractivity contribution in [3.63, 3.8) is 0 Å². The highest BCUT2D eigenvalue weighted by molar-refractivity contribution is 5.31. The van der Waals surface area contributed by atoms with Gasteiger partial charge in [-0.05, 0) is 62.5 Å². The highest BCUT2D eigenvalue weighted by Gasteiger charge is 2.24. The van der Waals surface area contributed by atoms with E-state index in [2.05, 4.69) is 11.8 Å². The highest BCUT2D eigenvalue weighted by atomic mass is 16.5. The molecule has 0 amide bonds. The van der Waals surface area contributed by atoms with E-state index in [1.807, 2.05) is 31.2 Å². The van der Waals surface area contributed by atoms with Gasteiger partial charge in [-0.3, -0.25) is 4.90 Å². The SMILES string of the molecule is CCOc1ccc(OCCN2CCC(C)C(CN)C2)cc1. The first kappa shape index (κ1) is 16.1. The molecule has 0 bridgehead atoms. The van der Waals surface area contributed by atoms with E-state index >= 15 is 0 Å². The van der Waals surface area contributed by atoms with Crippen LogP contribution in [0, 0.1) is 11.8 Å². The van der Waals surface area contributed by atoms with Crippen LogP contribution in [0.5, 0.6) is 11.5 Å². The zero-order valence-electron chi connectivity index (χ0n) is 13.3. The van der Waals surface area contributed by atoms with Gasteiger partial charge in [-0.2, -0.15) is 0 Å². The number of hydrogen-bond donors (Lipinski definition) is 1. The quantitative estimate of drug-likeness (QED) is 0.838. The number of rotatable bonds is 7. The van der Waals surface area contributed by atoms with E-state index in [-0.39, 0.29) is 0 Å². The first-order chi connectivity index (χ1) is 10.2. The molecule has 1 aromatic rings. The van der Waals surface area contributed by atoms with E-state index in [1.54, 1.807) is 0 Å². The number of nitrogens with two attached hydrogens (primary N) is 1. The molecule has 4 heteroatoms. The summed E-state index contributed by atoms with van der Waals surface area (Å²) >= 11 is 0. The molecule has 1 saturated heterocycles. The molecule has 0 radical (unpaired) electrons. The monoisotopic (exact) mass is 292 g/mol. The van der Waals surface area contributed by atoms with Crippen LogP contribution in [0.25, 0.3) is 0 Å². The number of hydrogen-bond acceptors (Lipinski definition) is 4. The second kappa shape index (κ2) is 8.25. The lowest BCUT2D eigenvalue weighted by molar-refractivity contribution is 0.114. The minimum absolute atomic E-state index is 0.629. The van der Waals surface area contributed by atoms with Crippen molar-refractivity contribution in [3.05, 3.63) is 24.3 Å². The van der Waals surface area contributed by atoms with E-state index in [1.165, 1.54) is 6.42 Å². The summed E-state index contributed by atoms with van der Waals surface area (Å²) in [4.78, 5) is 2.46. The van der Waals surface area contributed by atoms with Crippen molar-refractivity contribution < 1.29 is 9.47 Å². The van der Waals surface area contributed by atoms with Gasteiger partial charge in [-0.15, -0.1) is 0 Å². The summed E-state index contributed by atoms with van der Waals surface area (Å²) in [6.07, 6.45) is 1.24. The fraction of sp³-hybridized carbons (Fsp3) is 0.647. The van der Waals surface area contributed by atoms with E-state index in [9.17, 15) is 0 Å². The average Bonchev–Trinajstić information content (AvgIpc) is 2.51. The van der Waals surface area contributed by atoms with Crippen LogP contribution in [0.4, 0.5) is 0 Å². The van der Waals surface area contributed by atoms with Gasteiger partial charge in [0, 0.05) is 13.1 Å². The summed E-state index contributed by atoms with van der Waals surface area (Å²) in [6, 6.07) is 7.83. The number of likely N-dealkylation sites (tertiary alicyclic amines) is 1. The normalized spacial score (nSPS) is 23.0. The average molecular weight is 292 g/mol. The lowest BCUT2D eigenvalue weighted by atomic mass is 9.87. The molecule has 0 saturated carbocycles. The third-order valence-corrected chi connectivity index (χ3v) is 4.31. The Balaban J connectivity index is 1.71. The van der Waals surface area contributed by atoms with Gasteiger partial charge in [0.1, 0.15) is 18.1 Å². The maximum atomic E-state index is 5.84. The van der Waals surface area contributed by atoms with Crippen LogP contribution in [0.15, 0.2) is 24.3 Å². The Hall–Kier alpha value is -1.26. The van der Waals surface area contributed by atoms with Gasteiger partial charge >= 0.3 is 0 Å². The highest BCUT2D eigenvalue weighted by Crippen LogP contribution is 2.22. The molecule has 1 aromatic carbocycles. The molecule has 0 spiro atoms. The van der Waals surface area contributed by atoms with E-state index in [0.29, 0.717) is 12.5 Å². The lowest BCUT2D eigenvalue weighted by Gasteiger charge is -2.36. The molecule has 21 heavy (non-hydrogen) atoms. The molecule has 1 heterocycles. The van der Waals surface area contributed by atoms with Crippen molar-refractivity contribution in [2.75, 3.05) is 39.4 Å². The van der Waals surface area contributed by atoms with Crippen LogP contribution in [-0.2, 0) is 0 Å². The van der Waals surface area contributed by atoms with E-state index in [0.717, 1.165) is 50.2 Å². The molecule has 0 aromatic heterocycles. The summed E-state index contributed by atoms with van der Waals surface area (Å²) < 4.78 is 11.2. The molecule has 4 nitrogen and oxygen atoms in total. The first-order valence-electron chi connectivity index (χ1n) is 8.01.